The van der Waals surface area contributed by atoms with Crippen LogP contribution in [0.5, 0.6) is 0 Å². The van der Waals surface area contributed by atoms with Crippen molar-refractivity contribution in [3.63, 3.8) is 0 Å². The summed E-state index contributed by atoms with van der Waals surface area (Å²) in [6.07, 6.45) is 0.610. The summed E-state index contributed by atoms with van der Waals surface area (Å²) < 4.78 is -1.71. The van der Waals surface area contributed by atoms with E-state index in [-0.39, 0.29) is 6.42 Å². The molecule has 0 saturated heterocycles. The Labute approximate surface area is 113 Å². The fourth-order valence-electron chi connectivity index (χ4n) is 1.41. The second kappa shape index (κ2) is 4.94. The highest BCUT2D eigenvalue weighted by atomic mass is 35.6. The molecule has 1 N–H and O–H groups in total. The molecule has 1 aromatic heterocycles. The van der Waals surface area contributed by atoms with Gasteiger partial charge in [0.1, 0.15) is 6.10 Å². The number of benzene rings is 1. The standard InChI is InChI=1S/C11H9Cl3N2O/c12-11(13,14)10(17)5-7-6-15-8-3-1-2-4-9(8)16-7/h1-4,6,10,17H,5H2/t10-/m0/s1. The zero-order valence-electron chi connectivity index (χ0n) is 8.65. The lowest BCUT2D eigenvalue weighted by atomic mass is 10.2. The summed E-state index contributed by atoms with van der Waals surface area (Å²) >= 11 is 16.8. The molecular formula is C11H9Cl3N2O. The van der Waals surface area contributed by atoms with Crippen LogP contribution in [0.25, 0.3) is 11.0 Å². The number of fused-ring (bicyclic) bond motifs is 1. The summed E-state index contributed by atoms with van der Waals surface area (Å²) in [5.74, 6) is 0. The van der Waals surface area contributed by atoms with Crippen LogP contribution in [0.15, 0.2) is 30.5 Å². The smallest absolute Gasteiger partial charge is 0.216 e. The highest BCUT2D eigenvalue weighted by Gasteiger charge is 2.31. The van der Waals surface area contributed by atoms with Gasteiger partial charge in [-0.3, -0.25) is 4.98 Å². The van der Waals surface area contributed by atoms with E-state index in [1.165, 1.54) is 0 Å². The Morgan fingerprint density at radius 1 is 1.18 bits per heavy atom. The van der Waals surface area contributed by atoms with Crippen molar-refractivity contribution in [1.82, 2.24) is 9.97 Å². The molecule has 0 aliphatic carbocycles. The largest absolute Gasteiger partial charge is 0.388 e. The van der Waals surface area contributed by atoms with E-state index in [1.807, 2.05) is 24.3 Å². The van der Waals surface area contributed by atoms with Crippen LogP contribution in [0.2, 0.25) is 0 Å². The minimum atomic E-state index is -1.71. The molecule has 0 aliphatic heterocycles. The fourth-order valence-corrected chi connectivity index (χ4v) is 1.64. The average molecular weight is 292 g/mol. The van der Waals surface area contributed by atoms with Crippen LogP contribution in [-0.4, -0.2) is 25.0 Å². The van der Waals surface area contributed by atoms with Crippen LogP contribution in [0.3, 0.4) is 0 Å². The molecule has 0 saturated carbocycles. The summed E-state index contributed by atoms with van der Waals surface area (Å²) in [7, 11) is 0. The number of aliphatic hydroxyl groups excluding tert-OH is 1. The van der Waals surface area contributed by atoms with Crippen LogP contribution in [0.4, 0.5) is 0 Å². The van der Waals surface area contributed by atoms with E-state index >= 15 is 0 Å². The summed E-state index contributed by atoms with van der Waals surface area (Å²) in [4.78, 5) is 8.54. The van der Waals surface area contributed by atoms with Gasteiger partial charge in [-0.1, -0.05) is 46.9 Å². The number of aromatic nitrogens is 2. The van der Waals surface area contributed by atoms with Gasteiger partial charge in [-0.2, -0.15) is 0 Å². The number of hydrogen-bond acceptors (Lipinski definition) is 3. The van der Waals surface area contributed by atoms with E-state index < -0.39 is 9.90 Å². The van der Waals surface area contributed by atoms with Crippen molar-refractivity contribution in [2.75, 3.05) is 0 Å². The number of rotatable bonds is 2. The Morgan fingerprint density at radius 2 is 1.82 bits per heavy atom. The summed E-state index contributed by atoms with van der Waals surface area (Å²) in [6, 6.07) is 7.45. The molecule has 0 spiro atoms. The van der Waals surface area contributed by atoms with Crippen molar-refractivity contribution in [2.24, 2.45) is 0 Å². The first-order valence-corrected chi connectivity index (χ1v) is 6.05. The van der Waals surface area contributed by atoms with Crippen molar-refractivity contribution < 1.29 is 5.11 Å². The number of halogens is 3. The van der Waals surface area contributed by atoms with Crippen LogP contribution in [0, 0.1) is 0 Å². The first kappa shape index (κ1) is 12.8. The van der Waals surface area contributed by atoms with Crippen molar-refractivity contribution in [1.29, 1.82) is 0 Å². The molecule has 1 atom stereocenters. The molecule has 6 heteroatoms. The number of alkyl halides is 3. The Bertz CT molecular complexity index is 527. The van der Waals surface area contributed by atoms with E-state index in [9.17, 15) is 5.11 Å². The van der Waals surface area contributed by atoms with Gasteiger partial charge in [0, 0.05) is 12.6 Å². The quantitative estimate of drug-likeness (QED) is 0.865. The van der Waals surface area contributed by atoms with Gasteiger partial charge in [-0.25, -0.2) is 4.98 Å². The Kier molecular flexibility index (Phi) is 3.73. The second-order valence-electron chi connectivity index (χ2n) is 3.61. The maximum atomic E-state index is 9.65. The minimum absolute atomic E-state index is 0.147. The number of aliphatic hydroxyl groups is 1. The first-order chi connectivity index (χ1) is 7.97. The molecule has 17 heavy (non-hydrogen) atoms. The average Bonchev–Trinajstić information content (AvgIpc) is 2.27. The van der Waals surface area contributed by atoms with E-state index in [1.54, 1.807) is 6.20 Å². The molecule has 2 aromatic rings. The molecular weight excluding hydrogens is 282 g/mol. The van der Waals surface area contributed by atoms with Crippen molar-refractivity contribution in [2.45, 2.75) is 16.3 Å². The predicted molar refractivity (Wildman–Crippen MR) is 69.5 cm³/mol. The van der Waals surface area contributed by atoms with Gasteiger partial charge < -0.3 is 5.11 Å². The molecule has 0 radical (unpaired) electrons. The van der Waals surface area contributed by atoms with Crippen molar-refractivity contribution in [3.05, 3.63) is 36.2 Å². The van der Waals surface area contributed by atoms with Gasteiger partial charge >= 0.3 is 0 Å². The van der Waals surface area contributed by atoms with Gasteiger partial charge in [0.2, 0.25) is 3.79 Å². The summed E-state index contributed by atoms with van der Waals surface area (Å²) in [6.45, 7) is 0. The minimum Gasteiger partial charge on any atom is -0.388 e. The normalized spacial score (nSPS) is 13.9. The van der Waals surface area contributed by atoms with Gasteiger partial charge in [-0.05, 0) is 12.1 Å². The Morgan fingerprint density at radius 3 is 2.47 bits per heavy atom. The number of hydrogen-bond donors (Lipinski definition) is 1. The van der Waals surface area contributed by atoms with Crippen LogP contribution >= 0.6 is 34.8 Å². The lowest BCUT2D eigenvalue weighted by molar-refractivity contribution is 0.178. The maximum absolute atomic E-state index is 9.65. The van der Waals surface area contributed by atoms with Crippen molar-refractivity contribution >= 4 is 45.8 Å². The molecule has 3 nitrogen and oxygen atoms in total. The topological polar surface area (TPSA) is 46.0 Å². The molecule has 1 aromatic carbocycles. The van der Waals surface area contributed by atoms with Gasteiger partial charge in [-0.15, -0.1) is 0 Å². The van der Waals surface area contributed by atoms with Gasteiger partial charge in [0.05, 0.1) is 16.7 Å². The van der Waals surface area contributed by atoms with E-state index in [4.69, 9.17) is 34.8 Å². The highest BCUT2D eigenvalue weighted by molar-refractivity contribution is 6.68. The zero-order valence-corrected chi connectivity index (χ0v) is 10.9. The van der Waals surface area contributed by atoms with Crippen LogP contribution in [-0.2, 0) is 6.42 Å². The van der Waals surface area contributed by atoms with Gasteiger partial charge in [0.15, 0.2) is 0 Å². The van der Waals surface area contributed by atoms with E-state index in [0.29, 0.717) is 5.69 Å². The number of para-hydroxylation sites is 2. The molecule has 0 unspecified atom stereocenters. The molecule has 0 aliphatic rings. The molecule has 2 rings (SSSR count). The second-order valence-corrected chi connectivity index (χ2v) is 5.98. The third kappa shape index (κ3) is 3.19. The SMILES string of the molecule is O[C@@H](Cc1cnc2ccccc2n1)C(Cl)(Cl)Cl. The predicted octanol–water partition coefficient (Wildman–Crippen LogP) is 2.90. The molecule has 0 amide bonds. The van der Waals surface area contributed by atoms with Crippen molar-refractivity contribution in [3.8, 4) is 0 Å². The first-order valence-electron chi connectivity index (χ1n) is 4.92. The Hall–Kier alpha value is -0.610. The van der Waals surface area contributed by atoms with Gasteiger partial charge in [0.25, 0.3) is 0 Å². The lowest BCUT2D eigenvalue weighted by Crippen LogP contribution is -2.27. The van der Waals surface area contributed by atoms with Crippen LogP contribution < -0.4 is 0 Å². The zero-order chi connectivity index (χ0) is 12.5. The maximum Gasteiger partial charge on any atom is 0.216 e. The fraction of sp³-hybridized carbons (Fsp3) is 0.273. The molecule has 1 heterocycles. The third-order valence-electron chi connectivity index (χ3n) is 2.28. The Balaban J connectivity index is 2.25. The van der Waals surface area contributed by atoms with E-state index in [0.717, 1.165) is 11.0 Å². The molecule has 90 valence electrons. The third-order valence-corrected chi connectivity index (χ3v) is 3.03. The summed E-state index contributed by atoms with van der Waals surface area (Å²) in [5.41, 5.74) is 2.13. The highest BCUT2D eigenvalue weighted by Crippen LogP contribution is 2.31. The monoisotopic (exact) mass is 290 g/mol. The molecule has 0 fully saturated rings. The summed E-state index contributed by atoms with van der Waals surface area (Å²) in [5, 5.41) is 9.65. The molecule has 0 bridgehead atoms. The lowest BCUT2D eigenvalue weighted by Gasteiger charge is -2.18. The number of nitrogens with zero attached hydrogens (tertiary/aromatic N) is 2. The van der Waals surface area contributed by atoms with Crippen LogP contribution in [0.1, 0.15) is 5.69 Å². The van der Waals surface area contributed by atoms with E-state index in [2.05, 4.69) is 9.97 Å².